The summed E-state index contributed by atoms with van der Waals surface area (Å²) in [5, 5.41) is 14.2. The number of hydrogen-bond acceptors (Lipinski definition) is 4. The molecule has 6 heteroatoms. The number of nitrogens with one attached hydrogen (secondary N) is 1. The van der Waals surface area contributed by atoms with Gasteiger partial charge in [-0.25, -0.2) is 4.98 Å². The molecule has 0 saturated carbocycles. The summed E-state index contributed by atoms with van der Waals surface area (Å²) in [7, 11) is 0. The number of nitro benzene ring substituents is 1. The molecule has 1 aliphatic rings. The van der Waals surface area contributed by atoms with Crippen molar-refractivity contribution in [3.05, 3.63) is 58.2 Å². The molecule has 1 aromatic heterocycles. The first-order chi connectivity index (χ1) is 10.2. The molecule has 1 aliphatic heterocycles. The Morgan fingerprint density at radius 1 is 1.38 bits per heavy atom. The highest BCUT2D eigenvalue weighted by Gasteiger charge is 2.18. The van der Waals surface area contributed by atoms with Crippen molar-refractivity contribution in [2.75, 3.05) is 13.1 Å². The third-order valence-electron chi connectivity index (χ3n) is 3.93. The van der Waals surface area contributed by atoms with Gasteiger partial charge in [0.1, 0.15) is 5.82 Å². The molecule has 2 heterocycles. The van der Waals surface area contributed by atoms with Gasteiger partial charge in [0.15, 0.2) is 0 Å². The Bertz CT molecular complexity index is 632. The summed E-state index contributed by atoms with van der Waals surface area (Å²) in [4.78, 5) is 14.9. The number of nitrogens with zero attached hydrogens (tertiary/aromatic N) is 3. The van der Waals surface area contributed by atoms with Gasteiger partial charge in [0.2, 0.25) is 0 Å². The number of aromatic nitrogens is 2. The summed E-state index contributed by atoms with van der Waals surface area (Å²) in [6, 6.07) is 7.26. The zero-order chi connectivity index (χ0) is 14.7. The molecule has 110 valence electrons. The monoisotopic (exact) mass is 286 g/mol. The Morgan fingerprint density at radius 3 is 2.95 bits per heavy atom. The Morgan fingerprint density at radius 2 is 2.19 bits per heavy atom. The van der Waals surface area contributed by atoms with Crippen LogP contribution in [-0.2, 0) is 6.42 Å². The zero-order valence-electron chi connectivity index (χ0n) is 11.7. The Kier molecular flexibility index (Phi) is 3.96. The van der Waals surface area contributed by atoms with Crippen LogP contribution in [0.15, 0.2) is 36.7 Å². The van der Waals surface area contributed by atoms with Gasteiger partial charge in [-0.2, -0.15) is 0 Å². The van der Waals surface area contributed by atoms with Crippen LogP contribution in [0.3, 0.4) is 0 Å². The van der Waals surface area contributed by atoms with Crippen molar-refractivity contribution in [3.8, 4) is 0 Å². The van der Waals surface area contributed by atoms with Crippen molar-refractivity contribution >= 4 is 5.69 Å². The number of benzene rings is 1. The topological polar surface area (TPSA) is 73.0 Å². The lowest BCUT2D eigenvalue weighted by molar-refractivity contribution is -0.384. The largest absolute Gasteiger partial charge is 0.332 e. The fourth-order valence-corrected chi connectivity index (χ4v) is 2.86. The van der Waals surface area contributed by atoms with Gasteiger partial charge >= 0.3 is 0 Å². The smallest absolute Gasteiger partial charge is 0.269 e. The molecule has 0 amide bonds. The van der Waals surface area contributed by atoms with E-state index in [1.165, 1.54) is 6.07 Å². The van der Waals surface area contributed by atoms with Crippen molar-refractivity contribution in [1.82, 2.24) is 14.9 Å². The lowest BCUT2D eigenvalue weighted by Crippen LogP contribution is -2.29. The van der Waals surface area contributed by atoms with Crippen molar-refractivity contribution in [1.29, 1.82) is 0 Å². The molecule has 0 unspecified atom stereocenters. The van der Waals surface area contributed by atoms with E-state index in [4.69, 9.17) is 0 Å². The van der Waals surface area contributed by atoms with E-state index in [0.29, 0.717) is 12.5 Å². The predicted molar refractivity (Wildman–Crippen MR) is 79.3 cm³/mol. The van der Waals surface area contributed by atoms with E-state index in [1.54, 1.807) is 12.1 Å². The summed E-state index contributed by atoms with van der Waals surface area (Å²) >= 11 is 0. The van der Waals surface area contributed by atoms with E-state index in [9.17, 15) is 10.1 Å². The lowest BCUT2D eigenvalue weighted by atomic mass is 10.1. The van der Waals surface area contributed by atoms with Crippen molar-refractivity contribution < 1.29 is 4.92 Å². The number of non-ortho nitro benzene ring substituents is 1. The van der Waals surface area contributed by atoms with Crippen LogP contribution in [0, 0.1) is 10.1 Å². The van der Waals surface area contributed by atoms with Gasteiger partial charge in [0.05, 0.1) is 4.92 Å². The highest BCUT2D eigenvalue weighted by atomic mass is 16.6. The summed E-state index contributed by atoms with van der Waals surface area (Å²) in [6.07, 6.45) is 6.65. The molecule has 0 bridgehead atoms. The molecule has 0 spiro atoms. The van der Waals surface area contributed by atoms with Crippen LogP contribution >= 0.6 is 0 Å². The predicted octanol–water partition coefficient (Wildman–Crippen LogP) is 2.31. The lowest BCUT2D eigenvalue weighted by Gasteiger charge is -2.25. The standard InChI is InChI=1S/C15H18N4O2/c20-19(21)14-3-1-2-12(10-14)11-15-17-8-9-18(15)13-4-6-16-7-5-13/h1-3,8-10,13,16H,4-7,11H2. The van der Waals surface area contributed by atoms with E-state index in [2.05, 4.69) is 14.9 Å². The second-order valence-electron chi connectivity index (χ2n) is 5.34. The number of hydrogen-bond donors (Lipinski definition) is 1. The minimum absolute atomic E-state index is 0.132. The quantitative estimate of drug-likeness (QED) is 0.691. The molecule has 1 aromatic carbocycles. The number of piperidine rings is 1. The second kappa shape index (κ2) is 6.05. The summed E-state index contributed by atoms with van der Waals surface area (Å²) in [5.74, 6) is 0.974. The zero-order valence-corrected chi connectivity index (χ0v) is 11.7. The maximum absolute atomic E-state index is 10.8. The highest BCUT2D eigenvalue weighted by Crippen LogP contribution is 2.22. The molecule has 0 atom stereocenters. The van der Waals surface area contributed by atoms with Crippen LogP contribution in [0.25, 0.3) is 0 Å². The van der Waals surface area contributed by atoms with E-state index < -0.39 is 0 Å². The molecule has 2 aromatic rings. The Balaban J connectivity index is 1.80. The number of nitro groups is 1. The third-order valence-corrected chi connectivity index (χ3v) is 3.93. The van der Waals surface area contributed by atoms with Gasteiger partial charge in [-0.3, -0.25) is 10.1 Å². The maximum Gasteiger partial charge on any atom is 0.269 e. The van der Waals surface area contributed by atoms with E-state index in [0.717, 1.165) is 37.3 Å². The average molecular weight is 286 g/mol. The highest BCUT2D eigenvalue weighted by molar-refractivity contribution is 5.35. The normalized spacial score (nSPS) is 16.0. The van der Waals surface area contributed by atoms with Crippen molar-refractivity contribution in [2.45, 2.75) is 25.3 Å². The molecule has 3 rings (SSSR count). The first-order valence-corrected chi connectivity index (χ1v) is 7.20. The van der Waals surface area contributed by atoms with Gasteiger partial charge in [-0.1, -0.05) is 12.1 Å². The molecule has 6 nitrogen and oxygen atoms in total. The van der Waals surface area contributed by atoms with Crippen LogP contribution in [0.1, 0.15) is 30.3 Å². The van der Waals surface area contributed by atoms with E-state index in [1.807, 2.05) is 18.5 Å². The molecule has 0 aliphatic carbocycles. The fraction of sp³-hybridized carbons (Fsp3) is 0.400. The molecular formula is C15H18N4O2. The molecular weight excluding hydrogens is 268 g/mol. The van der Waals surface area contributed by atoms with E-state index in [-0.39, 0.29) is 10.6 Å². The molecule has 1 fully saturated rings. The summed E-state index contributed by atoms with van der Waals surface area (Å²) in [5.41, 5.74) is 1.05. The first kappa shape index (κ1) is 13.8. The molecule has 0 radical (unpaired) electrons. The average Bonchev–Trinajstić information content (AvgIpc) is 2.96. The SMILES string of the molecule is O=[N+]([O-])c1cccc(Cc2nccn2C2CCNCC2)c1. The van der Waals surface area contributed by atoms with Crippen LogP contribution in [0.4, 0.5) is 5.69 Å². The number of rotatable bonds is 4. The van der Waals surface area contributed by atoms with Gasteiger partial charge < -0.3 is 9.88 Å². The Labute approximate surface area is 123 Å². The van der Waals surface area contributed by atoms with Gasteiger partial charge in [-0.15, -0.1) is 0 Å². The van der Waals surface area contributed by atoms with Gasteiger partial charge in [0.25, 0.3) is 5.69 Å². The van der Waals surface area contributed by atoms with Crippen LogP contribution in [-0.4, -0.2) is 27.6 Å². The number of imidazole rings is 1. The maximum atomic E-state index is 10.8. The minimum atomic E-state index is -0.358. The van der Waals surface area contributed by atoms with Crippen molar-refractivity contribution in [3.63, 3.8) is 0 Å². The minimum Gasteiger partial charge on any atom is -0.332 e. The molecule has 21 heavy (non-hydrogen) atoms. The summed E-state index contributed by atoms with van der Waals surface area (Å²) < 4.78 is 2.22. The summed E-state index contributed by atoms with van der Waals surface area (Å²) in [6.45, 7) is 2.05. The fourth-order valence-electron chi connectivity index (χ4n) is 2.86. The van der Waals surface area contributed by atoms with Crippen LogP contribution in [0.2, 0.25) is 0 Å². The third kappa shape index (κ3) is 3.11. The second-order valence-corrected chi connectivity index (χ2v) is 5.34. The van der Waals surface area contributed by atoms with Gasteiger partial charge in [-0.05, 0) is 31.5 Å². The van der Waals surface area contributed by atoms with Gasteiger partial charge in [0, 0.05) is 37.0 Å². The van der Waals surface area contributed by atoms with Crippen LogP contribution in [0.5, 0.6) is 0 Å². The molecule has 1 saturated heterocycles. The van der Waals surface area contributed by atoms with Crippen LogP contribution < -0.4 is 5.32 Å². The van der Waals surface area contributed by atoms with Crippen molar-refractivity contribution in [2.24, 2.45) is 0 Å². The first-order valence-electron chi connectivity index (χ1n) is 7.20. The Hall–Kier alpha value is -2.21. The molecule has 1 N–H and O–H groups in total. The van der Waals surface area contributed by atoms with E-state index >= 15 is 0 Å².